The highest BCUT2D eigenvalue weighted by Crippen LogP contribution is 2.26. The maximum atomic E-state index is 12.5. The van der Waals surface area contributed by atoms with Gasteiger partial charge in [0.15, 0.2) is 9.84 Å². The van der Waals surface area contributed by atoms with Crippen molar-refractivity contribution in [3.63, 3.8) is 0 Å². The molecule has 0 bridgehead atoms. The lowest BCUT2D eigenvalue weighted by Crippen LogP contribution is -2.42. The van der Waals surface area contributed by atoms with Crippen molar-refractivity contribution in [1.29, 1.82) is 0 Å². The fourth-order valence-corrected chi connectivity index (χ4v) is 5.45. The summed E-state index contributed by atoms with van der Waals surface area (Å²) in [5.74, 6) is 0. The van der Waals surface area contributed by atoms with Crippen LogP contribution in [0.3, 0.4) is 0 Å². The molecule has 0 aromatic carbocycles. The molecule has 0 aromatic heterocycles. The number of hydrogen-bond acceptors (Lipinski definition) is 3. The van der Waals surface area contributed by atoms with E-state index in [9.17, 15) is 8.42 Å². The van der Waals surface area contributed by atoms with E-state index in [0.717, 1.165) is 25.7 Å². The highest BCUT2D eigenvalue weighted by molar-refractivity contribution is 7.92. The predicted octanol–water partition coefficient (Wildman–Crippen LogP) is 3.04. The molecule has 0 radical (unpaired) electrons. The molecule has 2 fully saturated rings. The first-order chi connectivity index (χ1) is 9.10. The monoisotopic (exact) mass is 287 g/mol. The van der Waals surface area contributed by atoms with Gasteiger partial charge in [0.1, 0.15) is 0 Å². The third kappa shape index (κ3) is 4.19. The van der Waals surface area contributed by atoms with Crippen molar-refractivity contribution in [1.82, 2.24) is 5.32 Å². The topological polar surface area (TPSA) is 46.2 Å². The molecule has 0 aromatic rings. The van der Waals surface area contributed by atoms with Crippen molar-refractivity contribution in [3.8, 4) is 0 Å². The molecule has 0 saturated heterocycles. The van der Waals surface area contributed by atoms with Crippen LogP contribution in [0.4, 0.5) is 0 Å². The van der Waals surface area contributed by atoms with E-state index in [4.69, 9.17) is 0 Å². The number of sulfone groups is 1. The molecule has 1 N–H and O–H groups in total. The highest BCUT2D eigenvalue weighted by Gasteiger charge is 2.32. The lowest BCUT2D eigenvalue weighted by molar-refractivity contribution is 0.373. The van der Waals surface area contributed by atoms with Crippen LogP contribution in [-0.2, 0) is 9.84 Å². The van der Waals surface area contributed by atoms with Gasteiger partial charge < -0.3 is 5.32 Å². The average molecular weight is 287 g/mol. The van der Waals surface area contributed by atoms with Gasteiger partial charge in [-0.05, 0) is 32.6 Å². The quantitative estimate of drug-likeness (QED) is 0.845. The van der Waals surface area contributed by atoms with Gasteiger partial charge >= 0.3 is 0 Å². The Morgan fingerprint density at radius 1 is 0.947 bits per heavy atom. The molecular weight excluding hydrogens is 258 g/mol. The van der Waals surface area contributed by atoms with Crippen LogP contribution in [0.25, 0.3) is 0 Å². The number of nitrogens with one attached hydrogen (secondary N) is 1. The zero-order valence-corrected chi connectivity index (χ0v) is 13.1. The molecule has 2 aliphatic carbocycles. The van der Waals surface area contributed by atoms with Crippen LogP contribution in [-0.4, -0.2) is 31.5 Å². The maximum absolute atomic E-state index is 12.5. The summed E-state index contributed by atoms with van der Waals surface area (Å²) >= 11 is 0. The first-order valence-corrected chi connectivity index (χ1v) is 9.68. The minimum absolute atomic E-state index is 0.0654. The molecule has 19 heavy (non-hydrogen) atoms. The minimum atomic E-state index is -2.93. The van der Waals surface area contributed by atoms with Gasteiger partial charge in [0.05, 0.1) is 10.5 Å². The molecule has 4 heteroatoms. The van der Waals surface area contributed by atoms with Crippen LogP contribution in [0, 0.1) is 0 Å². The van der Waals surface area contributed by atoms with E-state index < -0.39 is 9.84 Å². The Kier molecular flexibility index (Phi) is 5.70. The molecule has 112 valence electrons. The van der Waals surface area contributed by atoms with E-state index in [0.29, 0.717) is 12.6 Å². The van der Waals surface area contributed by atoms with Crippen molar-refractivity contribution in [2.24, 2.45) is 0 Å². The number of rotatable bonds is 5. The Labute approximate surface area is 118 Å². The molecule has 2 aliphatic rings. The number of hydrogen-bond donors (Lipinski definition) is 1. The average Bonchev–Trinajstić information content (AvgIpc) is 2.46. The Hall–Kier alpha value is -0.0900. The van der Waals surface area contributed by atoms with Crippen molar-refractivity contribution in [2.75, 3.05) is 6.54 Å². The van der Waals surface area contributed by atoms with Crippen molar-refractivity contribution >= 4 is 9.84 Å². The minimum Gasteiger partial charge on any atom is -0.313 e. The summed E-state index contributed by atoms with van der Waals surface area (Å²) < 4.78 is 25.0. The zero-order valence-electron chi connectivity index (χ0n) is 12.2. The van der Waals surface area contributed by atoms with Crippen molar-refractivity contribution < 1.29 is 8.42 Å². The van der Waals surface area contributed by atoms with Gasteiger partial charge in [-0.1, -0.05) is 38.5 Å². The Morgan fingerprint density at radius 2 is 1.47 bits per heavy atom. The Morgan fingerprint density at radius 3 is 2.05 bits per heavy atom. The van der Waals surface area contributed by atoms with E-state index in [2.05, 4.69) is 5.32 Å². The fourth-order valence-electron chi connectivity index (χ4n) is 3.48. The lowest BCUT2D eigenvalue weighted by atomic mass is 9.95. The third-order valence-corrected chi connectivity index (χ3v) is 7.57. The molecule has 0 aliphatic heterocycles. The van der Waals surface area contributed by atoms with E-state index in [1.54, 1.807) is 0 Å². The second-order valence-electron chi connectivity index (χ2n) is 6.40. The van der Waals surface area contributed by atoms with Gasteiger partial charge in [0.25, 0.3) is 0 Å². The van der Waals surface area contributed by atoms with E-state index >= 15 is 0 Å². The summed E-state index contributed by atoms with van der Waals surface area (Å²) in [6.07, 6.45) is 11.5. The first kappa shape index (κ1) is 15.3. The summed E-state index contributed by atoms with van der Waals surface area (Å²) in [5.41, 5.74) is 0. The summed E-state index contributed by atoms with van der Waals surface area (Å²) in [4.78, 5) is 0. The summed E-state index contributed by atoms with van der Waals surface area (Å²) in [6, 6.07) is 0.553. The fraction of sp³-hybridized carbons (Fsp3) is 1.00. The second kappa shape index (κ2) is 7.07. The van der Waals surface area contributed by atoms with Crippen molar-refractivity contribution in [3.05, 3.63) is 0 Å². The van der Waals surface area contributed by atoms with Gasteiger partial charge in [-0.15, -0.1) is 0 Å². The van der Waals surface area contributed by atoms with Crippen LogP contribution >= 0.6 is 0 Å². The van der Waals surface area contributed by atoms with Crippen LogP contribution in [0.2, 0.25) is 0 Å². The predicted molar refractivity (Wildman–Crippen MR) is 80.1 cm³/mol. The van der Waals surface area contributed by atoms with Gasteiger partial charge in [-0.25, -0.2) is 8.42 Å². The lowest BCUT2D eigenvalue weighted by Gasteiger charge is -2.28. The van der Waals surface area contributed by atoms with Crippen molar-refractivity contribution in [2.45, 2.75) is 87.7 Å². The molecule has 0 heterocycles. The SMILES string of the molecule is CC(CNC1CCCCC1)S(=O)(=O)C1CCCCC1. The van der Waals surface area contributed by atoms with Gasteiger partial charge in [-0.3, -0.25) is 0 Å². The summed E-state index contributed by atoms with van der Waals surface area (Å²) in [7, 11) is -2.93. The molecule has 2 saturated carbocycles. The van der Waals surface area contributed by atoms with Crippen LogP contribution in [0.15, 0.2) is 0 Å². The molecular formula is C15H29NO2S. The van der Waals surface area contributed by atoms with Crippen LogP contribution in [0.5, 0.6) is 0 Å². The molecule has 3 nitrogen and oxygen atoms in total. The molecule has 2 rings (SSSR count). The zero-order chi connectivity index (χ0) is 13.7. The standard InChI is InChI=1S/C15H29NO2S/c1-13(12-16-14-8-4-2-5-9-14)19(17,18)15-10-6-3-7-11-15/h13-16H,2-12H2,1H3. The molecule has 0 amide bonds. The molecule has 0 spiro atoms. The van der Waals surface area contributed by atoms with E-state index in [1.807, 2.05) is 6.92 Å². The first-order valence-electron chi connectivity index (χ1n) is 8.07. The normalized spacial score (nSPS) is 25.3. The van der Waals surface area contributed by atoms with Gasteiger partial charge in [0, 0.05) is 12.6 Å². The second-order valence-corrected chi connectivity index (χ2v) is 9.05. The Balaban J connectivity index is 1.81. The van der Waals surface area contributed by atoms with Gasteiger partial charge in [-0.2, -0.15) is 0 Å². The highest BCUT2D eigenvalue weighted by atomic mass is 32.2. The maximum Gasteiger partial charge on any atom is 0.156 e. The van der Waals surface area contributed by atoms with Crippen LogP contribution < -0.4 is 5.32 Å². The largest absolute Gasteiger partial charge is 0.313 e. The van der Waals surface area contributed by atoms with Gasteiger partial charge in [0.2, 0.25) is 0 Å². The van der Waals surface area contributed by atoms with Crippen LogP contribution in [0.1, 0.15) is 71.1 Å². The summed E-state index contributed by atoms with van der Waals surface area (Å²) in [6.45, 7) is 2.53. The molecule has 1 atom stereocenters. The van der Waals surface area contributed by atoms with E-state index in [-0.39, 0.29) is 10.5 Å². The summed E-state index contributed by atoms with van der Waals surface area (Å²) in [5, 5.41) is 3.20. The third-order valence-electron chi connectivity index (χ3n) is 4.88. The van der Waals surface area contributed by atoms with E-state index in [1.165, 1.54) is 38.5 Å². The molecule has 1 unspecified atom stereocenters. The smallest absolute Gasteiger partial charge is 0.156 e. The Bertz CT molecular complexity index is 354.